The summed E-state index contributed by atoms with van der Waals surface area (Å²) in [6.07, 6.45) is 3.57. The van der Waals surface area contributed by atoms with Crippen molar-refractivity contribution in [3.8, 4) is 0 Å². The number of benzene rings is 1. The van der Waals surface area contributed by atoms with E-state index in [0.29, 0.717) is 10.8 Å². The number of hydrogen-bond acceptors (Lipinski definition) is 2. The van der Waals surface area contributed by atoms with Gasteiger partial charge < -0.3 is 10.3 Å². The number of carbonyl (C=O) groups is 1. The zero-order valence-corrected chi connectivity index (χ0v) is 12.6. The maximum absolute atomic E-state index is 12.5. The van der Waals surface area contributed by atoms with Crippen LogP contribution in [0.25, 0.3) is 6.08 Å². The van der Waals surface area contributed by atoms with Crippen LogP contribution in [0.4, 0.5) is 5.69 Å². The van der Waals surface area contributed by atoms with Crippen molar-refractivity contribution >= 4 is 35.0 Å². The Hall–Kier alpha value is -2.40. The Labute approximate surface area is 128 Å². The SMILES string of the molecule is Cc1ccc(N2C(=O)/C(=C/c3ccc[nH]3)NC2=S)cc1C. The van der Waals surface area contributed by atoms with Crippen LogP contribution < -0.4 is 10.2 Å². The summed E-state index contributed by atoms with van der Waals surface area (Å²) in [6.45, 7) is 4.06. The molecule has 1 aliphatic rings. The van der Waals surface area contributed by atoms with Crippen molar-refractivity contribution in [3.63, 3.8) is 0 Å². The fraction of sp³-hybridized carbons (Fsp3) is 0.125. The highest BCUT2D eigenvalue weighted by atomic mass is 32.1. The molecule has 5 heteroatoms. The van der Waals surface area contributed by atoms with Gasteiger partial charge in [-0.15, -0.1) is 0 Å². The topological polar surface area (TPSA) is 48.1 Å². The van der Waals surface area contributed by atoms with Crippen LogP contribution in [-0.2, 0) is 4.79 Å². The van der Waals surface area contributed by atoms with Crippen molar-refractivity contribution in [2.24, 2.45) is 0 Å². The quantitative estimate of drug-likeness (QED) is 0.662. The molecule has 21 heavy (non-hydrogen) atoms. The average molecular weight is 297 g/mol. The van der Waals surface area contributed by atoms with Crippen molar-refractivity contribution in [1.29, 1.82) is 0 Å². The first kappa shape index (κ1) is 13.6. The third-order valence-electron chi connectivity index (χ3n) is 3.55. The molecule has 1 aliphatic heterocycles. The Morgan fingerprint density at radius 1 is 1.19 bits per heavy atom. The van der Waals surface area contributed by atoms with E-state index in [9.17, 15) is 4.79 Å². The molecule has 2 N–H and O–H groups in total. The standard InChI is InChI=1S/C16H15N3OS/c1-10-5-6-13(8-11(10)2)19-15(20)14(18-16(19)21)9-12-4-3-7-17-12/h3-9,17H,1-2H3,(H,18,21)/b14-9-. The molecular formula is C16H15N3OS. The van der Waals surface area contributed by atoms with Crippen molar-refractivity contribution in [2.75, 3.05) is 4.90 Å². The van der Waals surface area contributed by atoms with Crippen LogP contribution >= 0.6 is 12.2 Å². The van der Waals surface area contributed by atoms with E-state index < -0.39 is 0 Å². The summed E-state index contributed by atoms with van der Waals surface area (Å²) in [4.78, 5) is 17.1. The summed E-state index contributed by atoms with van der Waals surface area (Å²) >= 11 is 5.29. The number of nitrogens with zero attached hydrogens (tertiary/aromatic N) is 1. The predicted octanol–water partition coefficient (Wildman–Crippen LogP) is 2.89. The minimum absolute atomic E-state index is 0.141. The van der Waals surface area contributed by atoms with E-state index in [2.05, 4.69) is 10.3 Å². The summed E-state index contributed by atoms with van der Waals surface area (Å²) in [5.41, 5.74) is 4.43. The number of H-pyrrole nitrogens is 1. The molecule has 106 valence electrons. The first-order valence-corrected chi connectivity index (χ1v) is 7.05. The van der Waals surface area contributed by atoms with Gasteiger partial charge in [-0.25, -0.2) is 0 Å². The Morgan fingerprint density at radius 2 is 2.00 bits per heavy atom. The normalized spacial score (nSPS) is 16.7. The van der Waals surface area contributed by atoms with Gasteiger partial charge in [-0.2, -0.15) is 0 Å². The van der Waals surface area contributed by atoms with Gasteiger partial charge in [0.15, 0.2) is 5.11 Å². The summed E-state index contributed by atoms with van der Waals surface area (Å²) in [5.74, 6) is -0.141. The van der Waals surface area contributed by atoms with Gasteiger partial charge in [-0.05, 0) is 67.5 Å². The van der Waals surface area contributed by atoms with E-state index in [1.165, 1.54) is 10.5 Å². The Kier molecular flexibility index (Phi) is 3.35. The summed E-state index contributed by atoms with van der Waals surface area (Å²) in [7, 11) is 0. The van der Waals surface area contributed by atoms with Crippen molar-refractivity contribution in [2.45, 2.75) is 13.8 Å². The zero-order chi connectivity index (χ0) is 15.0. The Morgan fingerprint density at radius 3 is 2.67 bits per heavy atom. The third kappa shape index (κ3) is 2.48. The number of anilines is 1. The van der Waals surface area contributed by atoms with Gasteiger partial charge in [0.2, 0.25) is 0 Å². The van der Waals surface area contributed by atoms with E-state index in [-0.39, 0.29) is 5.91 Å². The molecule has 0 radical (unpaired) electrons. The minimum Gasteiger partial charge on any atom is -0.362 e. The van der Waals surface area contributed by atoms with E-state index >= 15 is 0 Å². The first-order chi connectivity index (χ1) is 10.1. The van der Waals surface area contributed by atoms with Gasteiger partial charge in [0, 0.05) is 11.9 Å². The predicted molar refractivity (Wildman–Crippen MR) is 87.9 cm³/mol. The molecule has 2 aromatic rings. The van der Waals surface area contributed by atoms with Gasteiger partial charge in [0.25, 0.3) is 5.91 Å². The van der Waals surface area contributed by atoms with Gasteiger partial charge in [0.1, 0.15) is 5.70 Å². The molecule has 0 bridgehead atoms. The second-order valence-electron chi connectivity index (χ2n) is 5.02. The van der Waals surface area contributed by atoms with Crippen molar-refractivity contribution in [3.05, 3.63) is 59.0 Å². The highest BCUT2D eigenvalue weighted by Crippen LogP contribution is 2.24. The molecule has 3 rings (SSSR count). The van der Waals surface area contributed by atoms with Crippen molar-refractivity contribution < 1.29 is 4.79 Å². The molecule has 1 saturated heterocycles. The summed E-state index contributed by atoms with van der Waals surface area (Å²) in [6, 6.07) is 9.65. The molecule has 1 aromatic heterocycles. The van der Waals surface area contributed by atoms with E-state index in [1.54, 1.807) is 6.08 Å². The zero-order valence-electron chi connectivity index (χ0n) is 11.8. The molecule has 0 saturated carbocycles. The molecule has 0 aliphatic carbocycles. The number of rotatable bonds is 2. The first-order valence-electron chi connectivity index (χ1n) is 6.64. The molecule has 0 unspecified atom stereocenters. The molecule has 4 nitrogen and oxygen atoms in total. The number of aromatic amines is 1. The number of hydrogen-bond donors (Lipinski definition) is 2. The minimum atomic E-state index is -0.141. The Balaban J connectivity index is 1.95. The highest BCUT2D eigenvalue weighted by Gasteiger charge is 2.32. The van der Waals surface area contributed by atoms with E-state index in [4.69, 9.17) is 12.2 Å². The highest BCUT2D eigenvalue weighted by molar-refractivity contribution is 7.80. The number of carbonyl (C=O) groups excluding carboxylic acids is 1. The lowest BCUT2D eigenvalue weighted by atomic mass is 10.1. The lowest BCUT2D eigenvalue weighted by molar-refractivity contribution is -0.113. The fourth-order valence-corrected chi connectivity index (χ4v) is 2.52. The van der Waals surface area contributed by atoms with Gasteiger partial charge in [-0.1, -0.05) is 6.07 Å². The largest absolute Gasteiger partial charge is 0.362 e. The molecule has 2 heterocycles. The number of thiocarbonyl (C=S) groups is 1. The summed E-state index contributed by atoms with van der Waals surface area (Å²) < 4.78 is 0. The van der Waals surface area contributed by atoms with Crippen LogP contribution in [0.15, 0.2) is 42.2 Å². The van der Waals surface area contributed by atoms with Gasteiger partial charge in [0.05, 0.1) is 5.69 Å². The molecule has 0 atom stereocenters. The lowest BCUT2D eigenvalue weighted by Crippen LogP contribution is -2.30. The molecular weight excluding hydrogens is 282 g/mol. The number of amides is 1. The van der Waals surface area contributed by atoms with Crippen LogP contribution in [0.2, 0.25) is 0 Å². The molecule has 1 fully saturated rings. The van der Waals surface area contributed by atoms with Crippen LogP contribution in [-0.4, -0.2) is 16.0 Å². The maximum Gasteiger partial charge on any atom is 0.281 e. The third-order valence-corrected chi connectivity index (χ3v) is 3.83. The van der Waals surface area contributed by atoms with Crippen LogP contribution in [0, 0.1) is 13.8 Å². The molecule has 0 spiro atoms. The van der Waals surface area contributed by atoms with E-state index in [1.807, 2.05) is 50.4 Å². The van der Waals surface area contributed by atoms with Crippen molar-refractivity contribution in [1.82, 2.24) is 10.3 Å². The van der Waals surface area contributed by atoms with Crippen LogP contribution in [0.5, 0.6) is 0 Å². The smallest absolute Gasteiger partial charge is 0.281 e. The summed E-state index contributed by atoms with van der Waals surface area (Å²) in [5, 5.41) is 3.38. The number of aromatic nitrogens is 1. The van der Waals surface area contributed by atoms with Crippen LogP contribution in [0.1, 0.15) is 16.8 Å². The second-order valence-corrected chi connectivity index (χ2v) is 5.41. The van der Waals surface area contributed by atoms with Gasteiger partial charge >= 0.3 is 0 Å². The Bertz CT molecular complexity index is 747. The van der Waals surface area contributed by atoms with E-state index in [0.717, 1.165) is 16.9 Å². The van der Waals surface area contributed by atoms with Crippen LogP contribution in [0.3, 0.4) is 0 Å². The molecule has 1 amide bonds. The van der Waals surface area contributed by atoms with Gasteiger partial charge in [-0.3, -0.25) is 9.69 Å². The average Bonchev–Trinajstić information content (AvgIpc) is 3.03. The monoisotopic (exact) mass is 297 g/mol. The number of aryl methyl sites for hydroxylation is 2. The molecule has 1 aromatic carbocycles. The number of nitrogens with one attached hydrogen (secondary N) is 2. The lowest BCUT2D eigenvalue weighted by Gasteiger charge is -2.15. The second kappa shape index (κ2) is 5.18. The maximum atomic E-state index is 12.5. The fourth-order valence-electron chi connectivity index (χ4n) is 2.22.